The average Bonchev–Trinajstić information content (AvgIpc) is 3.08. The van der Waals surface area contributed by atoms with Crippen LogP contribution in [0.3, 0.4) is 0 Å². The minimum atomic E-state index is -1.44. The first-order valence-corrected chi connectivity index (χ1v) is 10.6. The monoisotopic (exact) mass is 483 g/mol. The van der Waals surface area contributed by atoms with Crippen molar-refractivity contribution in [3.63, 3.8) is 0 Å². The molecule has 1 aliphatic rings. The van der Waals surface area contributed by atoms with E-state index < -0.39 is 54.9 Å². The largest absolute Gasteiger partial charge is 0.480 e. The van der Waals surface area contributed by atoms with Gasteiger partial charge in [0, 0.05) is 18.7 Å². The lowest BCUT2D eigenvalue weighted by Gasteiger charge is -2.17. The lowest BCUT2D eigenvalue weighted by Crippen LogP contribution is -2.50. The van der Waals surface area contributed by atoms with E-state index >= 15 is 0 Å². The maximum absolute atomic E-state index is 12.6. The van der Waals surface area contributed by atoms with E-state index in [2.05, 4.69) is 20.9 Å². The number of imide groups is 1. The van der Waals surface area contributed by atoms with Crippen molar-refractivity contribution < 1.29 is 29.1 Å². The summed E-state index contributed by atoms with van der Waals surface area (Å²) in [6, 6.07) is 9.23. The van der Waals surface area contributed by atoms with Crippen LogP contribution in [0.2, 0.25) is 0 Å². The molecule has 0 aromatic heterocycles. The number of hydrogen-bond acceptors (Lipinski definition) is 6. The number of guanidine groups is 1. The Morgan fingerprint density at radius 3 is 2.51 bits per heavy atom. The molecule has 1 heterocycles. The fraction of sp³-hybridized carbons (Fsp3) is 0.273. The zero-order chi connectivity index (χ0) is 25.5. The van der Waals surface area contributed by atoms with E-state index in [1.54, 1.807) is 18.2 Å². The van der Waals surface area contributed by atoms with Crippen LogP contribution in [0, 0.1) is 0 Å². The van der Waals surface area contributed by atoms with Gasteiger partial charge >= 0.3 is 12.0 Å². The van der Waals surface area contributed by atoms with E-state index in [0.717, 1.165) is 10.8 Å². The molecule has 2 aromatic carbocycles. The average molecular weight is 483 g/mol. The summed E-state index contributed by atoms with van der Waals surface area (Å²) in [4.78, 5) is 65.3. The first-order valence-electron chi connectivity index (χ1n) is 10.6. The van der Waals surface area contributed by atoms with Gasteiger partial charge in [0.25, 0.3) is 11.8 Å². The van der Waals surface area contributed by atoms with Crippen LogP contribution in [0.1, 0.15) is 16.8 Å². The van der Waals surface area contributed by atoms with Gasteiger partial charge in [-0.05, 0) is 29.3 Å². The first-order chi connectivity index (χ1) is 16.7. The summed E-state index contributed by atoms with van der Waals surface area (Å²) in [6.45, 7) is -0.963. The predicted molar refractivity (Wildman–Crippen MR) is 125 cm³/mol. The van der Waals surface area contributed by atoms with Gasteiger partial charge in [0.2, 0.25) is 5.91 Å². The van der Waals surface area contributed by atoms with Crippen LogP contribution in [-0.4, -0.2) is 77.4 Å². The van der Waals surface area contributed by atoms with Crippen LogP contribution in [0.4, 0.5) is 4.79 Å². The quantitative estimate of drug-likeness (QED) is 0.136. The van der Waals surface area contributed by atoms with E-state index in [1.807, 2.05) is 24.3 Å². The van der Waals surface area contributed by atoms with Gasteiger partial charge < -0.3 is 32.5 Å². The van der Waals surface area contributed by atoms with Crippen molar-refractivity contribution in [1.82, 2.24) is 20.9 Å². The molecular weight excluding hydrogens is 458 g/mol. The smallest absolute Gasteiger partial charge is 0.328 e. The Morgan fingerprint density at radius 1 is 1.11 bits per heavy atom. The topological polar surface area (TPSA) is 209 Å². The maximum atomic E-state index is 12.6. The third-order valence-corrected chi connectivity index (χ3v) is 5.24. The molecule has 1 saturated heterocycles. The molecule has 5 amide bonds. The molecule has 0 bridgehead atoms. The standard InChI is InChI=1S/C22H25N7O6/c23-21(24)25-8-7-15-19(32)29(22(35)28-15)11-17(30)26-10-16(20(33)34)27-18(31)14-6-5-12-3-1-2-4-13(12)9-14/h1-6,9,15-16H,7-8,10-11H2,(H,26,30)(H,27,31)(H,28,35)(H,33,34)(H4,23,24,25)/t15-,16?/m1/s1. The molecule has 0 aliphatic carbocycles. The number of carbonyl (C=O) groups is 5. The number of carbonyl (C=O) groups excluding carboxylic acids is 4. The van der Waals surface area contributed by atoms with Crippen LogP contribution in [-0.2, 0) is 14.4 Å². The fourth-order valence-corrected chi connectivity index (χ4v) is 3.43. The molecule has 2 aromatic rings. The molecule has 8 N–H and O–H groups in total. The van der Waals surface area contributed by atoms with E-state index in [1.165, 1.54) is 0 Å². The number of nitrogens with one attached hydrogen (secondary N) is 3. The van der Waals surface area contributed by atoms with Gasteiger partial charge in [-0.3, -0.25) is 24.3 Å². The number of fused-ring (bicyclic) bond motifs is 1. The van der Waals surface area contributed by atoms with E-state index in [4.69, 9.17) is 11.5 Å². The van der Waals surface area contributed by atoms with E-state index in [-0.39, 0.29) is 24.5 Å². The van der Waals surface area contributed by atoms with Gasteiger partial charge in [-0.25, -0.2) is 9.59 Å². The SMILES string of the molecule is NC(N)=NCC[C@H]1NC(=O)N(CC(=O)NCC(NC(=O)c2ccc3ccccc3c2)C(=O)O)C1=O. The summed E-state index contributed by atoms with van der Waals surface area (Å²) < 4.78 is 0. The molecule has 184 valence electrons. The van der Waals surface area contributed by atoms with E-state index in [9.17, 15) is 29.1 Å². The van der Waals surface area contributed by atoms with Crippen LogP contribution >= 0.6 is 0 Å². The maximum Gasteiger partial charge on any atom is 0.328 e. The fourth-order valence-electron chi connectivity index (χ4n) is 3.43. The van der Waals surface area contributed by atoms with Crippen LogP contribution in [0.25, 0.3) is 10.8 Å². The second-order valence-electron chi connectivity index (χ2n) is 7.75. The molecular formula is C22H25N7O6. The molecule has 1 unspecified atom stereocenters. The van der Waals surface area contributed by atoms with Gasteiger partial charge in [0.05, 0.1) is 0 Å². The number of nitrogens with zero attached hydrogens (tertiary/aromatic N) is 2. The van der Waals surface area contributed by atoms with Crippen molar-refractivity contribution in [2.24, 2.45) is 16.5 Å². The minimum Gasteiger partial charge on any atom is -0.480 e. The van der Waals surface area contributed by atoms with Gasteiger partial charge in [-0.1, -0.05) is 30.3 Å². The Labute approximate surface area is 199 Å². The highest BCUT2D eigenvalue weighted by atomic mass is 16.4. The summed E-state index contributed by atoms with van der Waals surface area (Å²) in [5.41, 5.74) is 10.7. The van der Waals surface area contributed by atoms with Crippen LogP contribution < -0.4 is 27.4 Å². The minimum absolute atomic E-state index is 0.107. The van der Waals surface area contributed by atoms with Crippen molar-refractivity contribution in [3.8, 4) is 0 Å². The number of carboxylic acids is 1. The van der Waals surface area contributed by atoms with Gasteiger partial charge in [0.15, 0.2) is 5.96 Å². The third kappa shape index (κ3) is 6.43. The number of urea groups is 1. The number of nitrogens with two attached hydrogens (primary N) is 2. The lowest BCUT2D eigenvalue weighted by atomic mass is 10.1. The number of aliphatic carboxylic acids is 1. The molecule has 0 spiro atoms. The molecule has 3 rings (SSSR count). The molecule has 1 fully saturated rings. The highest BCUT2D eigenvalue weighted by Crippen LogP contribution is 2.15. The Bertz CT molecular complexity index is 1190. The van der Waals surface area contributed by atoms with Gasteiger partial charge in [0.1, 0.15) is 18.6 Å². The Balaban J connectivity index is 1.54. The van der Waals surface area contributed by atoms with E-state index in [0.29, 0.717) is 4.90 Å². The molecule has 2 atom stereocenters. The molecule has 1 aliphatic heterocycles. The number of rotatable bonds is 10. The Hall–Kier alpha value is -4.68. The number of carboxylic acid groups (broad SMARTS) is 1. The number of hydrogen-bond donors (Lipinski definition) is 6. The highest BCUT2D eigenvalue weighted by molar-refractivity contribution is 6.06. The zero-order valence-corrected chi connectivity index (χ0v) is 18.6. The summed E-state index contributed by atoms with van der Waals surface area (Å²) >= 11 is 0. The Morgan fingerprint density at radius 2 is 1.83 bits per heavy atom. The predicted octanol–water partition coefficient (Wildman–Crippen LogP) is -1.28. The number of aliphatic imine (C=N–C) groups is 1. The van der Waals surface area contributed by atoms with Crippen LogP contribution in [0.5, 0.6) is 0 Å². The number of amides is 5. The van der Waals surface area contributed by atoms with Crippen molar-refractivity contribution in [3.05, 3.63) is 48.0 Å². The summed E-state index contributed by atoms with van der Waals surface area (Å²) in [5, 5.41) is 18.3. The Kier molecular flexibility index (Phi) is 7.81. The summed E-state index contributed by atoms with van der Waals surface area (Å²) in [7, 11) is 0. The highest BCUT2D eigenvalue weighted by Gasteiger charge is 2.38. The molecule has 0 radical (unpaired) electrons. The molecule has 35 heavy (non-hydrogen) atoms. The molecule has 13 heteroatoms. The van der Waals surface area contributed by atoms with Crippen molar-refractivity contribution >= 4 is 46.5 Å². The summed E-state index contributed by atoms with van der Waals surface area (Å²) in [6.07, 6.45) is 0.141. The second-order valence-corrected chi connectivity index (χ2v) is 7.75. The lowest BCUT2D eigenvalue weighted by molar-refractivity contribution is -0.139. The molecule has 13 nitrogen and oxygen atoms in total. The van der Waals surface area contributed by atoms with Crippen molar-refractivity contribution in [2.75, 3.05) is 19.6 Å². The van der Waals surface area contributed by atoms with Crippen molar-refractivity contribution in [1.29, 1.82) is 0 Å². The second kappa shape index (κ2) is 11.0. The summed E-state index contributed by atoms with van der Waals surface area (Å²) in [5.74, 6) is -3.55. The first kappa shape index (κ1) is 25.0. The van der Waals surface area contributed by atoms with Gasteiger partial charge in [-0.15, -0.1) is 0 Å². The van der Waals surface area contributed by atoms with Gasteiger partial charge in [-0.2, -0.15) is 0 Å². The normalized spacial score (nSPS) is 15.9. The van der Waals surface area contributed by atoms with Crippen molar-refractivity contribution in [2.45, 2.75) is 18.5 Å². The molecule has 0 saturated carbocycles. The van der Waals surface area contributed by atoms with Crippen LogP contribution in [0.15, 0.2) is 47.5 Å². The number of benzene rings is 2. The zero-order valence-electron chi connectivity index (χ0n) is 18.6. The third-order valence-electron chi connectivity index (χ3n) is 5.24.